The van der Waals surface area contributed by atoms with Crippen LogP contribution in [-0.4, -0.2) is 55.5 Å². The van der Waals surface area contributed by atoms with Crippen molar-refractivity contribution in [3.05, 3.63) is 77.4 Å². The van der Waals surface area contributed by atoms with Crippen molar-refractivity contribution in [1.29, 1.82) is 0 Å². The highest BCUT2D eigenvalue weighted by Crippen LogP contribution is 2.43. The first-order chi connectivity index (χ1) is 16.0. The lowest BCUT2D eigenvalue weighted by Gasteiger charge is -2.33. The summed E-state index contributed by atoms with van der Waals surface area (Å²) in [7, 11) is 0. The van der Waals surface area contributed by atoms with Crippen LogP contribution < -0.4 is 0 Å². The van der Waals surface area contributed by atoms with Gasteiger partial charge >= 0.3 is 0 Å². The molecule has 3 aromatic rings. The van der Waals surface area contributed by atoms with Gasteiger partial charge in [0.05, 0.1) is 29.9 Å². The van der Waals surface area contributed by atoms with Crippen LogP contribution in [0.15, 0.2) is 54.7 Å². The molecule has 2 aromatic heterocycles. The summed E-state index contributed by atoms with van der Waals surface area (Å²) < 4.78 is 1.79. The first-order valence-corrected chi connectivity index (χ1v) is 11.6. The molecule has 2 amide bonds. The summed E-state index contributed by atoms with van der Waals surface area (Å²) >= 11 is 0. The minimum Gasteiger partial charge on any atom is -0.340 e. The molecule has 0 aliphatic carbocycles. The summed E-state index contributed by atoms with van der Waals surface area (Å²) in [4.78, 5) is 34.9. The van der Waals surface area contributed by atoms with Crippen LogP contribution in [0.4, 0.5) is 0 Å². The molecule has 4 heterocycles. The Labute approximate surface area is 194 Å². The summed E-state index contributed by atoms with van der Waals surface area (Å²) in [6.45, 7) is 7.51. The number of benzene rings is 1. The second kappa shape index (κ2) is 8.46. The summed E-state index contributed by atoms with van der Waals surface area (Å²) in [6, 6.07) is 15.4. The molecule has 170 valence electrons. The molecule has 1 fully saturated rings. The van der Waals surface area contributed by atoms with Gasteiger partial charge in [-0.1, -0.05) is 38.1 Å². The Morgan fingerprint density at radius 3 is 2.58 bits per heavy atom. The number of rotatable bonds is 5. The number of aromatic nitrogens is 3. The molecule has 0 saturated carbocycles. The quantitative estimate of drug-likeness (QED) is 0.604. The van der Waals surface area contributed by atoms with Gasteiger partial charge in [-0.3, -0.25) is 14.6 Å². The van der Waals surface area contributed by atoms with Crippen LogP contribution in [0.3, 0.4) is 0 Å². The lowest BCUT2D eigenvalue weighted by molar-refractivity contribution is -0.129. The number of carbonyl (C=O) groups is 2. The minimum atomic E-state index is -0.0409. The van der Waals surface area contributed by atoms with E-state index in [1.165, 1.54) is 0 Å². The highest BCUT2D eigenvalue weighted by atomic mass is 16.2. The Hall–Kier alpha value is -3.48. The van der Waals surface area contributed by atoms with E-state index in [2.05, 4.69) is 18.8 Å². The zero-order valence-corrected chi connectivity index (χ0v) is 19.3. The Balaban J connectivity index is 1.41. The van der Waals surface area contributed by atoms with Crippen LogP contribution in [0, 0.1) is 12.8 Å². The maximum atomic E-state index is 13.8. The minimum absolute atomic E-state index is 0.00592. The number of para-hydroxylation sites is 1. The van der Waals surface area contributed by atoms with E-state index in [9.17, 15) is 9.59 Å². The van der Waals surface area contributed by atoms with Gasteiger partial charge in [0.2, 0.25) is 5.91 Å². The van der Waals surface area contributed by atoms with Crippen molar-refractivity contribution in [1.82, 2.24) is 24.6 Å². The molecule has 0 spiro atoms. The standard InChI is InChI=1S/C26H29N5O2/c1-17(2)24-23-18(3)28-31(20-10-5-4-6-11-20)25(23)26(33)30(24)21-12-14-29(16-21)22(32)15-19-9-7-8-13-27-19/h4-11,13,17,21,24H,12,14-16H2,1-3H3. The Bertz CT molecular complexity index is 1170. The lowest BCUT2D eigenvalue weighted by Crippen LogP contribution is -2.43. The molecule has 1 saturated heterocycles. The predicted molar refractivity (Wildman–Crippen MR) is 125 cm³/mol. The van der Waals surface area contributed by atoms with E-state index < -0.39 is 0 Å². The molecule has 33 heavy (non-hydrogen) atoms. The van der Waals surface area contributed by atoms with Crippen LogP contribution in [0.2, 0.25) is 0 Å². The van der Waals surface area contributed by atoms with E-state index >= 15 is 0 Å². The average Bonchev–Trinajstić information content (AvgIpc) is 3.50. The molecule has 2 unspecified atom stereocenters. The van der Waals surface area contributed by atoms with Crippen LogP contribution in [-0.2, 0) is 11.2 Å². The molecule has 7 nitrogen and oxygen atoms in total. The largest absolute Gasteiger partial charge is 0.340 e. The number of likely N-dealkylation sites (tertiary alicyclic amines) is 1. The fraction of sp³-hybridized carbons (Fsp3) is 0.385. The molecular formula is C26H29N5O2. The van der Waals surface area contributed by atoms with Crippen molar-refractivity contribution in [2.24, 2.45) is 5.92 Å². The molecule has 0 bridgehead atoms. The van der Waals surface area contributed by atoms with Gasteiger partial charge in [-0.25, -0.2) is 4.68 Å². The smallest absolute Gasteiger partial charge is 0.273 e. The second-order valence-corrected chi connectivity index (χ2v) is 9.28. The van der Waals surface area contributed by atoms with E-state index in [-0.39, 0.29) is 36.2 Å². The molecule has 2 atom stereocenters. The topological polar surface area (TPSA) is 71.3 Å². The number of pyridine rings is 1. The number of carbonyl (C=O) groups excluding carboxylic acids is 2. The van der Waals surface area contributed by atoms with Crippen LogP contribution in [0.1, 0.15) is 53.7 Å². The van der Waals surface area contributed by atoms with Gasteiger partial charge in [0.1, 0.15) is 5.69 Å². The third-order valence-electron chi connectivity index (χ3n) is 6.74. The SMILES string of the molecule is Cc1nn(-c2ccccc2)c2c1C(C(C)C)N(C1CCN(C(=O)Cc3ccccn3)C1)C2=O. The van der Waals surface area contributed by atoms with E-state index in [1.807, 2.05) is 65.3 Å². The zero-order valence-electron chi connectivity index (χ0n) is 19.3. The van der Waals surface area contributed by atoms with Gasteiger partial charge < -0.3 is 9.80 Å². The second-order valence-electron chi connectivity index (χ2n) is 9.28. The van der Waals surface area contributed by atoms with E-state index in [0.717, 1.165) is 29.1 Å². The van der Waals surface area contributed by atoms with Gasteiger partial charge in [0, 0.05) is 30.5 Å². The van der Waals surface area contributed by atoms with E-state index in [1.54, 1.807) is 10.9 Å². The van der Waals surface area contributed by atoms with E-state index in [4.69, 9.17) is 5.10 Å². The average molecular weight is 444 g/mol. The maximum Gasteiger partial charge on any atom is 0.273 e. The van der Waals surface area contributed by atoms with Crippen LogP contribution >= 0.6 is 0 Å². The van der Waals surface area contributed by atoms with Gasteiger partial charge in [0.25, 0.3) is 5.91 Å². The molecule has 2 aliphatic heterocycles. The first kappa shape index (κ1) is 21.4. The first-order valence-electron chi connectivity index (χ1n) is 11.6. The van der Waals surface area contributed by atoms with Crippen molar-refractivity contribution in [2.75, 3.05) is 13.1 Å². The number of amides is 2. The summed E-state index contributed by atoms with van der Waals surface area (Å²) in [5.74, 6) is 0.311. The van der Waals surface area contributed by atoms with Gasteiger partial charge in [-0.15, -0.1) is 0 Å². The van der Waals surface area contributed by atoms with E-state index in [0.29, 0.717) is 18.8 Å². The Kier molecular flexibility index (Phi) is 5.48. The van der Waals surface area contributed by atoms with Gasteiger partial charge in [0.15, 0.2) is 0 Å². The summed E-state index contributed by atoms with van der Waals surface area (Å²) in [5.41, 5.74) is 4.24. The van der Waals surface area contributed by atoms with Crippen molar-refractivity contribution in [3.8, 4) is 5.69 Å². The van der Waals surface area contributed by atoms with Crippen molar-refractivity contribution in [3.63, 3.8) is 0 Å². The van der Waals surface area contributed by atoms with Crippen molar-refractivity contribution < 1.29 is 9.59 Å². The molecular weight excluding hydrogens is 414 g/mol. The highest BCUT2D eigenvalue weighted by molar-refractivity contribution is 5.99. The third-order valence-corrected chi connectivity index (χ3v) is 6.74. The maximum absolute atomic E-state index is 13.8. The van der Waals surface area contributed by atoms with Crippen LogP contribution in [0.5, 0.6) is 0 Å². The number of hydrogen-bond donors (Lipinski definition) is 0. The van der Waals surface area contributed by atoms with Gasteiger partial charge in [-0.2, -0.15) is 5.10 Å². The normalized spacial score (nSPS) is 20.1. The molecule has 1 aromatic carbocycles. The van der Waals surface area contributed by atoms with Crippen LogP contribution in [0.25, 0.3) is 5.69 Å². The fourth-order valence-corrected chi connectivity index (χ4v) is 5.26. The Morgan fingerprint density at radius 1 is 1.12 bits per heavy atom. The molecule has 0 radical (unpaired) electrons. The monoisotopic (exact) mass is 443 g/mol. The Morgan fingerprint density at radius 2 is 1.88 bits per heavy atom. The number of nitrogens with zero attached hydrogens (tertiary/aromatic N) is 5. The fourth-order valence-electron chi connectivity index (χ4n) is 5.26. The zero-order chi connectivity index (χ0) is 23.1. The lowest BCUT2D eigenvalue weighted by atomic mass is 9.95. The molecule has 0 N–H and O–H groups in total. The molecule has 2 aliphatic rings. The molecule has 5 rings (SSSR count). The number of fused-ring (bicyclic) bond motifs is 1. The summed E-state index contributed by atoms with van der Waals surface area (Å²) in [5, 5.41) is 4.73. The highest BCUT2D eigenvalue weighted by Gasteiger charge is 2.48. The number of hydrogen-bond acceptors (Lipinski definition) is 4. The van der Waals surface area contributed by atoms with Crippen molar-refractivity contribution >= 4 is 11.8 Å². The molecule has 7 heteroatoms. The predicted octanol–water partition coefficient (Wildman–Crippen LogP) is 3.57. The van der Waals surface area contributed by atoms with Gasteiger partial charge in [-0.05, 0) is 43.5 Å². The van der Waals surface area contributed by atoms with Crippen molar-refractivity contribution in [2.45, 2.75) is 45.7 Å². The third kappa shape index (κ3) is 3.71. The summed E-state index contributed by atoms with van der Waals surface area (Å²) in [6.07, 6.45) is 2.78. The number of aryl methyl sites for hydroxylation is 1.